The van der Waals surface area contributed by atoms with Gasteiger partial charge in [0.25, 0.3) is 0 Å². The van der Waals surface area contributed by atoms with Gasteiger partial charge in [0.1, 0.15) is 0 Å². The van der Waals surface area contributed by atoms with E-state index in [4.69, 9.17) is 14.2 Å². The van der Waals surface area contributed by atoms with E-state index in [0.29, 0.717) is 19.4 Å². The van der Waals surface area contributed by atoms with Crippen molar-refractivity contribution in [2.75, 3.05) is 27.4 Å². The van der Waals surface area contributed by atoms with Crippen LogP contribution in [0.2, 0.25) is 0 Å². The lowest BCUT2D eigenvalue weighted by atomic mass is 9.79. The van der Waals surface area contributed by atoms with E-state index >= 15 is 0 Å². The maximum absolute atomic E-state index is 14.4. The van der Waals surface area contributed by atoms with E-state index in [1.54, 1.807) is 32.4 Å². The highest BCUT2D eigenvalue weighted by Crippen LogP contribution is 2.46. The number of aliphatic carboxylic acids is 1. The third-order valence-corrected chi connectivity index (χ3v) is 7.54. The van der Waals surface area contributed by atoms with Crippen LogP contribution >= 0.6 is 0 Å². The minimum Gasteiger partial charge on any atom is -0.494 e. The van der Waals surface area contributed by atoms with Crippen molar-refractivity contribution < 1.29 is 28.5 Å². The lowest BCUT2D eigenvalue weighted by Crippen LogP contribution is -2.43. The molecule has 1 fully saturated rings. The highest BCUT2D eigenvalue weighted by atomic mass is 19.1. The van der Waals surface area contributed by atoms with Gasteiger partial charge in [0.05, 0.1) is 37.6 Å². The van der Waals surface area contributed by atoms with E-state index in [1.807, 2.05) is 0 Å². The van der Waals surface area contributed by atoms with Crippen LogP contribution in [0.4, 0.5) is 4.39 Å². The minimum atomic E-state index is -1.21. The summed E-state index contributed by atoms with van der Waals surface area (Å²) >= 11 is 0. The SMILES string of the molecule is COCC(C)(C)c1c([C@H]2CC[C@](C)(C(=O)O)OC2)c2cc3[nH]ncc3cc2n1-c1ccc(F)c(OC)c1. The Hall–Kier alpha value is -3.43. The van der Waals surface area contributed by atoms with E-state index in [0.717, 1.165) is 38.8 Å². The van der Waals surface area contributed by atoms with Crippen LogP contribution in [0.25, 0.3) is 27.5 Å². The van der Waals surface area contributed by atoms with E-state index in [9.17, 15) is 14.3 Å². The maximum Gasteiger partial charge on any atom is 0.335 e. The number of carbonyl (C=O) groups is 1. The van der Waals surface area contributed by atoms with Gasteiger partial charge in [-0.25, -0.2) is 9.18 Å². The fourth-order valence-corrected chi connectivity index (χ4v) is 5.60. The molecule has 2 N–H and O–H groups in total. The first-order chi connectivity index (χ1) is 17.6. The molecule has 0 saturated carbocycles. The van der Waals surface area contributed by atoms with Crippen molar-refractivity contribution in [3.63, 3.8) is 0 Å². The Labute approximate surface area is 214 Å². The predicted molar refractivity (Wildman–Crippen MR) is 138 cm³/mol. The Balaban J connectivity index is 1.82. The van der Waals surface area contributed by atoms with Gasteiger partial charge in [-0.2, -0.15) is 5.10 Å². The lowest BCUT2D eigenvalue weighted by Gasteiger charge is -2.36. The zero-order valence-corrected chi connectivity index (χ0v) is 21.7. The molecule has 2 aromatic heterocycles. The molecule has 0 amide bonds. The average molecular weight is 510 g/mol. The fourth-order valence-electron chi connectivity index (χ4n) is 5.60. The van der Waals surface area contributed by atoms with Gasteiger partial charge in [0.2, 0.25) is 0 Å². The summed E-state index contributed by atoms with van der Waals surface area (Å²) in [5, 5.41) is 18.9. The zero-order chi connectivity index (χ0) is 26.5. The van der Waals surface area contributed by atoms with Crippen LogP contribution in [-0.4, -0.2) is 58.9 Å². The minimum absolute atomic E-state index is 0.0509. The molecule has 0 bridgehead atoms. The smallest absolute Gasteiger partial charge is 0.335 e. The van der Waals surface area contributed by atoms with Crippen LogP contribution in [0.1, 0.15) is 50.8 Å². The monoisotopic (exact) mass is 509 g/mol. The first-order valence-corrected chi connectivity index (χ1v) is 12.3. The molecule has 1 saturated heterocycles. The second kappa shape index (κ2) is 9.15. The Morgan fingerprint density at radius 1 is 1.32 bits per heavy atom. The summed E-state index contributed by atoms with van der Waals surface area (Å²) in [6, 6.07) is 9.01. The van der Waals surface area contributed by atoms with Crippen LogP contribution in [0, 0.1) is 5.82 Å². The van der Waals surface area contributed by atoms with Gasteiger partial charge in [-0.3, -0.25) is 5.10 Å². The van der Waals surface area contributed by atoms with Gasteiger partial charge >= 0.3 is 5.97 Å². The van der Waals surface area contributed by atoms with Crippen molar-refractivity contribution in [2.45, 2.75) is 50.5 Å². The third kappa shape index (κ3) is 4.16. The van der Waals surface area contributed by atoms with Crippen molar-refractivity contribution >= 4 is 27.8 Å². The molecular formula is C28H32FN3O5. The number of aromatic nitrogens is 3. The van der Waals surface area contributed by atoms with Crippen molar-refractivity contribution in [1.82, 2.24) is 14.8 Å². The third-order valence-electron chi connectivity index (χ3n) is 7.54. The van der Waals surface area contributed by atoms with Gasteiger partial charge in [-0.05, 0) is 49.6 Å². The number of methoxy groups -OCH3 is 2. The number of carboxylic acid groups (broad SMARTS) is 1. The molecule has 0 spiro atoms. The Morgan fingerprint density at radius 3 is 2.76 bits per heavy atom. The molecule has 3 heterocycles. The first-order valence-electron chi connectivity index (χ1n) is 12.3. The lowest BCUT2D eigenvalue weighted by molar-refractivity contribution is -0.170. The molecule has 0 radical (unpaired) electrons. The summed E-state index contributed by atoms with van der Waals surface area (Å²) in [7, 11) is 3.12. The van der Waals surface area contributed by atoms with E-state index < -0.39 is 22.8 Å². The predicted octanol–water partition coefficient (Wildman–Crippen LogP) is 5.32. The number of halogens is 1. The number of nitrogens with one attached hydrogen (secondary N) is 1. The van der Waals surface area contributed by atoms with E-state index in [2.05, 4.69) is 40.7 Å². The van der Waals surface area contributed by atoms with Gasteiger partial charge < -0.3 is 23.9 Å². The van der Waals surface area contributed by atoms with Gasteiger partial charge in [-0.15, -0.1) is 0 Å². The summed E-state index contributed by atoms with van der Waals surface area (Å²) in [5.74, 6) is -1.29. The summed E-state index contributed by atoms with van der Waals surface area (Å²) in [5.41, 5.74) is 3.00. The second-order valence-corrected chi connectivity index (χ2v) is 10.6. The van der Waals surface area contributed by atoms with Crippen LogP contribution in [0.15, 0.2) is 36.5 Å². The van der Waals surface area contributed by atoms with Crippen molar-refractivity contribution in [1.29, 1.82) is 0 Å². The molecule has 1 aliphatic rings. The van der Waals surface area contributed by atoms with Crippen molar-refractivity contribution in [2.24, 2.45) is 0 Å². The number of hydrogen-bond donors (Lipinski definition) is 2. The molecule has 8 nitrogen and oxygen atoms in total. The van der Waals surface area contributed by atoms with Crippen molar-refractivity contribution in [3.8, 4) is 11.4 Å². The number of nitrogens with zero attached hydrogens (tertiary/aromatic N) is 2. The summed E-state index contributed by atoms with van der Waals surface area (Å²) in [4.78, 5) is 11.8. The summed E-state index contributed by atoms with van der Waals surface area (Å²) < 4.78 is 33.5. The Morgan fingerprint density at radius 2 is 2.11 bits per heavy atom. The Bertz CT molecular complexity index is 1480. The molecule has 2 aromatic carbocycles. The number of H-pyrrole nitrogens is 1. The van der Waals surface area contributed by atoms with E-state index in [1.165, 1.54) is 13.2 Å². The average Bonchev–Trinajstić information content (AvgIpc) is 3.45. The number of carboxylic acids is 1. The van der Waals surface area contributed by atoms with Gasteiger partial charge in [0, 0.05) is 46.7 Å². The number of rotatable bonds is 7. The highest BCUT2D eigenvalue weighted by molar-refractivity contribution is 5.99. The quantitative estimate of drug-likeness (QED) is 0.350. The normalized spacial score (nSPS) is 20.5. The molecule has 37 heavy (non-hydrogen) atoms. The molecule has 196 valence electrons. The summed E-state index contributed by atoms with van der Waals surface area (Å²) in [6.07, 6.45) is 2.81. The van der Waals surface area contributed by atoms with Gasteiger partial charge in [-0.1, -0.05) is 13.8 Å². The molecule has 4 aromatic rings. The topological polar surface area (TPSA) is 98.6 Å². The van der Waals surface area contributed by atoms with Crippen LogP contribution in [0.5, 0.6) is 5.75 Å². The first kappa shape index (κ1) is 25.2. The standard InChI is InChI=1S/C28H32FN3O5/c1-27(2,15-35-4)25-24(16-8-9-28(3,26(33)34)37-14-16)19-12-21-17(13-30-31-21)10-22(19)32(25)18-6-7-20(29)23(11-18)36-5/h6-7,10-13,16H,8-9,14-15H2,1-5H3,(H,30,31)(H,33,34)/t16-,28+/m0/s1. The maximum atomic E-state index is 14.4. The molecule has 0 unspecified atom stereocenters. The molecule has 1 aliphatic heterocycles. The van der Waals surface area contributed by atoms with Crippen LogP contribution in [-0.2, 0) is 19.7 Å². The van der Waals surface area contributed by atoms with Crippen molar-refractivity contribution in [3.05, 3.63) is 53.6 Å². The molecule has 2 atom stereocenters. The fraction of sp³-hybridized carbons (Fsp3) is 0.429. The van der Waals surface area contributed by atoms with Gasteiger partial charge in [0.15, 0.2) is 17.2 Å². The Kier molecular flexibility index (Phi) is 6.24. The largest absolute Gasteiger partial charge is 0.494 e. The summed E-state index contributed by atoms with van der Waals surface area (Å²) in [6.45, 7) is 6.57. The number of fused-ring (bicyclic) bond motifs is 2. The number of benzene rings is 2. The molecule has 9 heteroatoms. The van der Waals surface area contributed by atoms with Crippen LogP contribution in [0.3, 0.4) is 0 Å². The zero-order valence-electron chi connectivity index (χ0n) is 21.7. The highest BCUT2D eigenvalue weighted by Gasteiger charge is 2.42. The number of aromatic amines is 1. The molecule has 5 rings (SSSR count). The van der Waals surface area contributed by atoms with Crippen LogP contribution < -0.4 is 4.74 Å². The number of ether oxygens (including phenoxy) is 3. The second-order valence-electron chi connectivity index (χ2n) is 10.6. The molecular weight excluding hydrogens is 477 g/mol. The van der Waals surface area contributed by atoms with E-state index in [-0.39, 0.29) is 18.3 Å². The number of hydrogen-bond acceptors (Lipinski definition) is 5. The molecule has 0 aliphatic carbocycles.